The molecule has 23 heteroatoms. The summed E-state index contributed by atoms with van der Waals surface area (Å²) in [5.41, 5.74) is 5.81. The van der Waals surface area contributed by atoms with E-state index in [1.54, 1.807) is 4.57 Å². The second kappa shape index (κ2) is 12.9. The van der Waals surface area contributed by atoms with E-state index in [1.165, 1.54) is 6.33 Å². The molecule has 3 atom stereocenters. The number of aliphatic hydroxyl groups is 2. The zero-order valence-corrected chi connectivity index (χ0v) is 19.4. The fraction of sp³-hybridized carbons (Fsp3) is 0.545. The molecular weight excluding hydrogens is 535 g/mol. The predicted molar refractivity (Wildman–Crippen MR) is 110 cm³/mol. The summed E-state index contributed by atoms with van der Waals surface area (Å²) in [6.07, 6.45) is 2.26. The fourth-order valence-corrected chi connectivity index (χ4v) is 2.76. The molecule has 2 aromatic rings. The van der Waals surface area contributed by atoms with Crippen LogP contribution in [0.4, 0.5) is 5.95 Å². The average molecular weight is 559 g/mol. The number of nitrogen functional groups attached to an aromatic ring is 1. The van der Waals surface area contributed by atoms with Crippen molar-refractivity contribution in [3.05, 3.63) is 16.7 Å². The van der Waals surface area contributed by atoms with E-state index < -0.39 is 23.5 Å². The number of rotatable bonds is 3. The number of nitrogens with two attached hydrogens (primary N) is 1. The second-order valence-corrected chi connectivity index (χ2v) is 9.49. The van der Waals surface area contributed by atoms with Gasteiger partial charge in [0, 0.05) is 25.2 Å². The van der Waals surface area contributed by atoms with Crippen molar-refractivity contribution in [2.24, 2.45) is 11.8 Å². The van der Waals surface area contributed by atoms with Gasteiger partial charge >= 0.3 is 23.5 Å². The Bertz CT molecular complexity index is 1050. The zero-order valence-electron chi connectivity index (χ0n) is 16.7. The van der Waals surface area contributed by atoms with Gasteiger partial charge in [-0.05, 0) is 12.3 Å². The number of hydrogen-bond donors (Lipinski definition) is 13. The summed E-state index contributed by atoms with van der Waals surface area (Å²) in [6.45, 7) is 0.0265. The number of H-pyrrole nitrogens is 1. The zero-order chi connectivity index (χ0) is 27.1. The summed E-state index contributed by atoms with van der Waals surface area (Å²) >= 11 is 0. The summed E-state index contributed by atoms with van der Waals surface area (Å²) in [7, 11) is -13.9. The van der Waals surface area contributed by atoms with Gasteiger partial charge in [0.2, 0.25) is 5.95 Å². The van der Waals surface area contributed by atoms with Crippen LogP contribution in [0.25, 0.3) is 11.2 Å². The van der Waals surface area contributed by atoms with E-state index in [0.29, 0.717) is 5.65 Å². The first kappa shape index (κ1) is 32.4. The minimum absolute atomic E-state index is 0.0131. The van der Waals surface area contributed by atoms with Crippen molar-refractivity contribution in [3.63, 3.8) is 0 Å². The van der Waals surface area contributed by atoms with Crippen molar-refractivity contribution in [2.75, 3.05) is 18.9 Å². The maximum Gasteiger partial charge on any atom is 0.466 e. The van der Waals surface area contributed by atoms with Gasteiger partial charge in [0.1, 0.15) is 0 Å². The SMILES string of the molecule is Nc1nc2c(ncn2[C@H]2C[C@H](CO)[C@H]2CO)c(=O)[nH]1.O=P(O)(O)O.O=P(O)(O)O.O=P(O)(O)O. The third kappa shape index (κ3) is 14.0. The molecule has 0 amide bonds. The molecule has 20 nitrogen and oxygen atoms in total. The van der Waals surface area contributed by atoms with Crippen LogP contribution in [0.3, 0.4) is 0 Å². The van der Waals surface area contributed by atoms with Gasteiger partial charge in [-0.1, -0.05) is 0 Å². The maximum atomic E-state index is 11.7. The molecule has 198 valence electrons. The highest BCUT2D eigenvalue weighted by Gasteiger charge is 2.42. The molecule has 0 unspecified atom stereocenters. The van der Waals surface area contributed by atoms with Gasteiger partial charge in [-0.25, -0.2) is 18.7 Å². The van der Waals surface area contributed by atoms with Crippen LogP contribution in [0.5, 0.6) is 0 Å². The molecule has 0 bridgehead atoms. The van der Waals surface area contributed by atoms with E-state index in [2.05, 4.69) is 15.0 Å². The Morgan fingerprint density at radius 1 is 0.941 bits per heavy atom. The van der Waals surface area contributed by atoms with E-state index >= 15 is 0 Å². The third-order valence-corrected chi connectivity index (χ3v) is 3.90. The molecule has 1 aliphatic carbocycles. The number of aliphatic hydroxyl groups excluding tert-OH is 2. The standard InChI is InChI=1S/C11H15N5O3.3H3O4P/c12-11-14-9-8(10(19)15-11)13-4-16(9)7-1-5(2-17)6(7)3-18;3*1-5(2,3)4/h4-7,17-18H,1-3H2,(H3,12,14,15,19);3*(H3,1,2,3,4)/t5-,6-,7+;;;/m1.../s1. The molecule has 0 aromatic carbocycles. The van der Waals surface area contributed by atoms with Crippen LogP contribution in [0.15, 0.2) is 11.1 Å². The van der Waals surface area contributed by atoms with Gasteiger partial charge in [-0.3, -0.25) is 9.78 Å². The lowest BCUT2D eigenvalue weighted by atomic mass is 9.70. The first-order chi connectivity index (χ1) is 15.2. The molecule has 34 heavy (non-hydrogen) atoms. The van der Waals surface area contributed by atoms with Gasteiger partial charge in [-0.2, -0.15) is 4.98 Å². The van der Waals surface area contributed by atoms with Crippen molar-refractivity contribution in [2.45, 2.75) is 12.5 Å². The highest BCUT2D eigenvalue weighted by Crippen LogP contribution is 2.44. The van der Waals surface area contributed by atoms with Gasteiger partial charge in [0.25, 0.3) is 5.56 Å². The summed E-state index contributed by atoms with van der Waals surface area (Å²) in [5, 5.41) is 18.6. The first-order valence-corrected chi connectivity index (χ1v) is 13.1. The summed E-state index contributed by atoms with van der Waals surface area (Å²) < 4.78 is 28.4. The Kier molecular flexibility index (Phi) is 12.3. The van der Waals surface area contributed by atoms with Crippen molar-refractivity contribution < 1.29 is 67.9 Å². The predicted octanol–water partition coefficient (Wildman–Crippen LogP) is -3.92. The van der Waals surface area contributed by atoms with Gasteiger partial charge in [0.15, 0.2) is 11.2 Å². The number of aromatic nitrogens is 4. The molecule has 0 saturated heterocycles. The van der Waals surface area contributed by atoms with Gasteiger partial charge in [0.05, 0.1) is 6.33 Å². The van der Waals surface area contributed by atoms with E-state index in [1.807, 2.05) is 0 Å². The lowest BCUT2D eigenvalue weighted by Crippen LogP contribution is -2.42. The molecule has 1 aliphatic rings. The molecule has 14 N–H and O–H groups in total. The van der Waals surface area contributed by atoms with Crippen molar-refractivity contribution in [1.29, 1.82) is 0 Å². The van der Waals surface area contributed by atoms with Crippen molar-refractivity contribution in [1.82, 2.24) is 19.5 Å². The van der Waals surface area contributed by atoms with Crippen LogP contribution in [-0.2, 0) is 13.7 Å². The Morgan fingerprint density at radius 3 is 1.76 bits per heavy atom. The van der Waals surface area contributed by atoms with E-state index in [-0.39, 0.29) is 48.1 Å². The number of fused-ring (bicyclic) bond motifs is 1. The summed E-state index contributed by atoms with van der Waals surface area (Å²) in [4.78, 5) is 86.9. The molecule has 2 heterocycles. The van der Waals surface area contributed by atoms with Crippen LogP contribution < -0.4 is 11.3 Å². The Balaban J connectivity index is 0.000000599. The van der Waals surface area contributed by atoms with Gasteiger partial charge < -0.3 is 64.6 Å². The third-order valence-electron chi connectivity index (χ3n) is 3.90. The van der Waals surface area contributed by atoms with E-state index in [9.17, 15) is 15.0 Å². The average Bonchev–Trinajstić information content (AvgIpc) is 2.94. The number of aromatic amines is 1. The van der Waals surface area contributed by atoms with Crippen LogP contribution >= 0.6 is 23.5 Å². The lowest BCUT2D eigenvalue weighted by Gasteiger charge is -2.43. The molecule has 3 rings (SSSR count). The molecule has 0 spiro atoms. The fourth-order valence-electron chi connectivity index (χ4n) is 2.76. The number of anilines is 1. The largest absolute Gasteiger partial charge is 0.466 e. The van der Waals surface area contributed by atoms with Crippen LogP contribution in [0, 0.1) is 11.8 Å². The minimum Gasteiger partial charge on any atom is -0.396 e. The van der Waals surface area contributed by atoms with Crippen LogP contribution in [0.2, 0.25) is 0 Å². The normalized spacial score (nSPS) is 20.0. The van der Waals surface area contributed by atoms with Gasteiger partial charge in [-0.15, -0.1) is 0 Å². The smallest absolute Gasteiger partial charge is 0.396 e. The monoisotopic (exact) mass is 559 g/mol. The molecule has 0 radical (unpaired) electrons. The van der Waals surface area contributed by atoms with Crippen molar-refractivity contribution >= 4 is 40.6 Å². The highest BCUT2D eigenvalue weighted by atomic mass is 31.2. The number of hydrogen-bond acceptors (Lipinski definition) is 9. The van der Waals surface area contributed by atoms with E-state index in [0.717, 1.165) is 6.42 Å². The van der Waals surface area contributed by atoms with E-state index in [4.69, 9.17) is 63.5 Å². The number of imidazole rings is 1. The Hall–Kier alpha value is -1.60. The Labute approximate surface area is 188 Å². The highest BCUT2D eigenvalue weighted by molar-refractivity contribution is 7.45. The topological polar surface area (TPSA) is 363 Å². The second-order valence-electron chi connectivity index (χ2n) is 6.41. The molecule has 1 fully saturated rings. The number of phosphoric acid groups is 3. The number of nitrogens with zero attached hydrogens (tertiary/aromatic N) is 3. The molecule has 2 aromatic heterocycles. The quantitative estimate of drug-likeness (QED) is 0.160. The maximum absolute atomic E-state index is 11.7. The minimum atomic E-state index is -4.64. The van der Waals surface area contributed by atoms with Crippen molar-refractivity contribution in [3.8, 4) is 0 Å². The van der Waals surface area contributed by atoms with Crippen LogP contribution in [-0.4, -0.2) is 87.0 Å². The summed E-state index contributed by atoms with van der Waals surface area (Å²) in [5.74, 6) is 0.0642. The Morgan fingerprint density at radius 2 is 1.38 bits per heavy atom. The molecule has 0 aliphatic heterocycles. The summed E-state index contributed by atoms with van der Waals surface area (Å²) in [6, 6.07) is -0.0131. The number of nitrogens with one attached hydrogen (secondary N) is 1. The first-order valence-electron chi connectivity index (χ1n) is 8.44. The van der Waals surface area contributed by atoms with Crippen LogP contribution in [0.1, 0.15) is 12.5 Å². The molecular formula is C11H24N5O15P3. The molecule has 1 saturated carbocycles. The lowest BCUT2D eigenvalue weighted by molar-refractivity contribution is -0.00528.